The largest absolute Gasteiger partial charge is 0.490 e. The van der Waals surface area contributed by atoms with Gasteiger partial charge in [-0.15, -0.1) is 0 Å². The summed E-state index contributed by atoms with van der Waals surface area (Å²) in [7, 11) is 0. The number of aryl methyl sites for hydroxylation is 4. The van der Waals surface area contributed by atoms with Crippen molar-refractivity contribution in [3.63, 3.8) is 0 Å². The Bertz CT molecular complexity index is 602. The van der Waals surface area contributed by atoms with Crippen LogP contribution >= 0.6 is 0 Å². The van der Waals surface area contributed by atoms with Crippen LogP contribution in [-0.4, -0.2) is 11.7 Å². The van der Waals surface area contributed by atoms with Crippen LogP contribution in [0.4, 0.5) is 0 Å². The van der Waals surface area contributed by atoms with Crippen LogP contribution in [0.3, 0.4) is 0 Å². The molecule has 0 aliphatic heterocycles. The highest BCUT2D eigenvalue weighted by molar-refractivity contribution is 5.36. The van der Waals surface area contributed by atoms with Crippen LogP contribution in [0.2, 0.25) is 0 Å². The van der Waals surface area contributed by atoms with E-state index < -0.39 is 6.10 Å². The Morgan fingerprint density at radius 1 is 0.900 bits per heavy atom. The molecule has 0 saturated heterocycles. The second kappa shape index (κ2) is 6.10. The third kappa shape index (κ3) is 3.40. The number of hydrogen-bond donors (Lipinski definition) is 1. The summed E-state index contributed by atoms with van der Waals surface area (Å²) < 4.78 is 5.75. The molecule has 0 aliphatic carbocycles. The minimum absolute atomic E-state index is 0.272. The number of hydrogen-bond acceptors (Lipinski definition) is 2. The van der Waals surface area contributed by atoms with Crippen molar-refractivity contribution in [1.82, 2.24) is 0 Å². The standard InChI is InChI=1S/C18H22O2/c1-12-6-8-18(15(4)9-12)20-11-17(19)16-10-13(2)5-7-14(16)3/h5-10,17,19H,11H2,1-4H3. The van der Waals surface area contributed by atoms with Crippen LogP contribution in [0.15, 0.2) is 36.4 Å². The average molecular weight is 270 g/mol. The molecule has 2 aromatic carbocycles. The van der Waals surface area contributed by atoms with E-state index in [9.17, 15) is 5.11 Å². The molecule has 2 rings (SSSR count). The number of benzene rings is 2. The van der Waals surface area contributed by atoms with Crippen molar-refractivity contribution in [2.75, 3.05) is 6.61 Å². The van der Waals surface area contributed by atoms with Crippen molar-refractivity contribution >= 4 is 0 Å². The van der Waals surface area contributed by atoms with Crippen molar-refractivity contribution in [3.05, 3.63) is 64.2 Å². The molecule has 1 atom stereocenters. The van der Waals surface area contributed by atoms with E-state index in [1.165, 1.54) is 5.56 Å². The Morgan fingerprint density at radius 3 is 2.25 bits per heavy atom. The summed E-state index contributed by atoms with van der Waals surface area (Å²) in [5.74, 6) is 0.833. The fourth-order valence-corrected chi connectivity index (χ4v) is 2.34. The number of aliphatic hydroxyl groups is 1. The van der Waals surface area contributed by atoms with Crippen molar-refractivity contribution < 1.29 is 9.84 Å². The van der Waals surface area contributed by atoms with E-state index in [0.29, 0.717) is 0 Å². The van der Waals surface area contributed by atoms with Crippen LogP contribution in [0.5, 0.6) is 5.75 Å². The van der Waals surface area contributed by atoms with E-state index in [0.717, 1.165) is 28.0 Å². The third-order valence-electron chi connectivity index (χ3n) is 3.52. The Kier molecular flexibility index (Phi) is 4.46. The molecule has 0 amide bonds. The van der Waals surface area contributed by atoms with Gasteiger partial charge in [-0.1, -0.05) is 41.5 Å². The number of ether oxygens (including phenoxy) is 1. The lowest BCUT2D eigenvalue weighted by atomic mass is 10.0. The molecule has 0 spiro atoms. The fraction of sp³-hybridized carbons (Fsp3) is 0.333. The zero-order valence-corrected chi connectivity index (χ0v) is 12.6. The molecule has 2 aromatic rings. The van der Waals surface area contributed by atoms with Crippen LogP contribution in [0, 0.1) is 27.7 Å². The average Bonchev–Trinajstić information content (AvgIpc) is 2.40. The van der Waals surface area contributed by atoms with E-state index in [1.54, 1.807) is 0 Å². The number of rotatable bonds is 4. The Hall–Kier alpha value is -1.80. The maximum Gasteiger partial charge on any atom is 0.122 e. The van der Waals surface area contributed by atoms with E-state index >= 15 is 0 Å². The van der Waals surface area contributed by atoms with Gasteiger partial charge in [-0.25, -0.2) is 0 Å². The lowest BCUT2D eigenvalue weighted by Gasteiger charge is -2.16. The molecule has 0 radical (unpaired) electrons. The van der Waals surface area contributed by atoms with Crippen LogP contribution in [0.1, 0.15) is 33.9 Å². The summed E-state index contributed by atoms with van der Waals surface area (Å²) in [5, 5.41) is 10.3. The lowest BCUT2D eigenvalue weighted by molar-refractivity contribution is 0.107. The minimum Gasteiger partial charge on any atom is -0.490 e. The maximum absolute atomic E-state index is 10.3. The molecule has 20 heavy (non-hydrogen) atoms. The predicted octanol–water partition coefficient (Wildman–Crippen LogP) is 4.03. The van der Waals surface area contributed by atoms with Crippen LogP contribution < -0.4 is 4.74 Å². The molecular formula is C18H22O2. The summed E-state index contributed by atoms with van der Waals surface area (Å²) in [5.41, 5.74) is 5.49. The predicted molar refractivity (Wildman–Crippen MR) is 82.3 cm³/mol. The van der Waals surface area contributed by atoms with Gasteiger partial charge in [0.2, 0.25) is 0 Å². The lowest BCUT2D eigenvalue weighted by Crippen LogP contribution is -2.11. The van der Waals surface area contributed by atoms with Gasteiger partial charge in [-0.05, 0) is 50.5 Å². The van der Waals surface area contributed by atoms with Crippen molar-refractivity contribution in [3.8, 4) is 5.75 Å². The van der Waals surface area contributed by atoms with E-state index in [1.807, 2.05) is 45.0 Å². The molecule has 106 valence electrons. The van der Waals surface area contributed by atoms with Gasteiger partial charge in [0.15, 0.2) is 0 Å². The Labute approximate surface area is 121 Å². The molecule has 0 aliphatic rings. The van der Waals surface area contributed by atoms with Crippen molar-refractivity contribution in [2.45, 2.75) is 33.8 Å². The molecule has 2 nitrogen and oxygen atoms in total. The van der Waals surface area contributed by atoms with Crippen LogP contribution in [-0.2, 0) is 0 Å². The highest BCUT2D eigenvalue weighted by atomic mass is 16.5. The summed E-state index contributed by atoms with van der Waals surface area (Å²) >= 11 is 0. The smallest absolute Gasteiger partial charge is 0.122 e. The first kappa shape index (κ1) is 14.6. The first-order chi connectivity index (χ1) is 9.47. The molecule has 0 saturated carbocycles. The minimum atomic E-state index is -0.601. The van der Waals surface area contributed by atoms with Gasteiger partial charge in [0, 0.05) is 0 Å². The summed E-state index contributed by atoms with van der Waals surface area (Å²) in [4.78, 5) is 0. The highest BCUT2D eigenvalue weighted by Gasteiger charge is 2.12. The molecule has 0 bridgehead atoms. The molecular weight excluding hydrogens is 248 g/mol. The Balaban J connectivity index is 2.08. The topological polar surface area (TPSA) is 29.5 Å². The van der Waals surface area contributed by atoms with Gasteiger partial charge in [0.25, 0.3) is 0 Å². The Morgan fingerprint density at radius 2 is 1.55 bits per heavy atom. The second-order valence-corrected chi connectivity index (χ2v) is 5.46. The van der Waals surface area contributed by atoms with Gasteiger partial charge in [-0.2, -0.15) is 0 Å². The number of aliphatic hydroxyl groups excluding tert-OH is 1. The zero-order chi connectivity index (χ0) is 14.7. The summed E-state index contributed by atoms with van der Waals surface area (Å²) in [6.07, 6.45) is -0.601. The van der Waals surface area contributed by atoms with E-state index in [2.05, 4.69) is 19.1 Å². The van der Waals surface area contributed by atoms with Crippen LogP contribution in [0.25, 0.3) is 0 Å². The molecule has 1 N–H and O–H groups in total. The fourth-order valence-electron chi connectivity index (χ4n) is 2.34. The first-order valence-corrected chi connectivity index (χ1v) is 6.92. The third-order valence-corrected chi connectivity index (χ3v) is 3.52. The molecule has 0 aromatic heterocycles. The SMILES string of the molecule is Cc1ccc(OCC(O)c2cc(C)ccc2C)c(C)c1. The van der Waals surface area contributed by atoms with Gasteiger partial charge in [0.1, 0.15) is 18.5 Å². The molecule has 0 heterocycles. The highest BCUT2D eigenvalue weighted by Crippen LogP contribution is 2.23. The van der Waals surface area contributed by atoms with Crippen molar-refractivity contribution in [2.24, 2.45) is 0 Å². The monoisotopic (exact) mass is 270 g/mol. The van der Waals surface area contributed by atoms with Gasteiger partial charge in [-0.3, -0.25) is 0 Å². The van der Waals surface area contributed by atoms with E-state index in [4.69, 9.17) is 4.74 Å². The quantitative estimate of drug-likeness (QED) is 0.908. The van der Waals surface area contributed by atoms with Gasteiger partial charge < -0.3 is 9.84 Å². The maximum atomic E-state index is 10.3. The van der Waals surface area contributed by atoms with E-state index in [-0.39, 0.29) is 6.61 Å². The summed E-state index contributed by atoms with van der Waals surface area (Å²) in [6, 6.07) is 12.2. The second-order valence-electron chi connectivity index (χ2n) is 5.46. The zero-order valence-electron chi connectivity index (χ0n) is 12.6. The molecule has 2 heteroatoms. The first-order valence-electron chi connectivity index (χ1n) is 6.92. The van der Waals surface area contributed by atoms with Crippen molar-refractivity contribution in [1.29, 1.82) is 0 Å². The summed E-state index contributed by atoms with van der Waals surface area (Å²) in [6.45, 7) is 8.39. The molecule has 1 unspecified atom stereocenters. The molecule has 0 fully saturated rings. The van der Waals surface area contributed by atoms with Gasteiger partial charge in [0.05, 0.1) is 0 Å². The normalized spacial score (nSPS) is 12.2. The van der Waals surface area contributed by atoms with Gasteiger partial charge >= 0.3 is 0 Å².